The number of ether oxygens (including phenoxy) is 1. The molecule has 0 aromatic rings. The van der Waals surface area contributed by atoms with E-state index < -0.39 is 5.60 Å². The van der Waals surface area contributed by atoms with Gasteiger partial charge >= 0.3 is 0 Å². The summed E-state index contributed by atoms with van der Waals surface area (Å²) in [6.07, 6.45) is 17.9. The van der Waals surface area contributed by atoms with Gasteiger partial charge in [-0.1, -0.05) is 18.8 Å². The van der Waals surface area contributed by atoms with Crippen molar-refractivity contribution in [1.82, 2.24) is 0 Å². The highest BCUT2D eigenvalue weighted by Crippen LogP contribution is 2.44. The molecule has 0 aromatic heterocycles. The van der Waals surface area contributed by atoms with Crippen LogP contribution in [-0.2, 0) is 9.84 Å². The van der Waals surface area contributed by atoms with Gasteiger partial charge in [-0.05, 0) is 50.4 Å². The van der Waals surface area contributed by atoms with Gasteiger partial charge in [-0.3, -0.25) is 0 Å². The molecule has 1 atom stereocenters. The minimum absolute atomic E-state index is 0.329. The third kappa shape index (κ3) is 5.48. The van der Waals surface area contributed by atoms with Crippen LogP contribution in [0.3, 0.4) is 0 Å². The molecule has 0 N–H and O–H groups in total. The number of terminal acetylenes is 1. The van der Waals surface area contributed by atoms with Gasteiger partial charge in [0, 0.05) is 12.8 Å². The van der Waals surface area contributed by atoms with Crippen molar-refractivity contribution < 1.29 is 9.84 Å². The van der Waals surface area contributed by atoms with E-state index in [0.29, 0.717) is 18.8 Å². The molecule has 2 aliphatic carbocycles. The zero-order chi connectivity index (χ0) is 14.3. The molecule has 109 valence electrons. The number of hydrogen-bond donors (Lipinski definition) is 0. The van der Waals surface area contributed by atoms with E-state index in [1.54, 1.807) is 0 Å². The number of hydrogen-bond acceptors (Lipinski definition) is 1. The molecule has 2 saturated carbocycles. The minimum atomic E-state index is -0.858. The molecule has 2 aliphatic rings. The normalized spacial score (nSPS) is 20.4. The third-order valence-electron chi connectivity index (χ3n) is 4.34. The van der Waals surface area contributed by atoms with E-state index in [1.807, 2.05) is 0 Å². The lowest BCUT2D eigenvalue weighted by molar-refractivity contribution is -0.0533. The van der Waals surface area contributed by atoms with Crippen molar-refractivity contribution in [2.45, 2.75) is 69.8 Å². The molecular weight excluding hydrogens is 248 g/mol. The quantitative estimate of drug-likeness (QED) is 0.462. The summed E-state index contributed by atoms with van der Waals surface area (Å²) in [6, 6.07) is 0. The largest absolute Gasteiger partial charge is 0.447 e. The van der Waals surface area contributed by atoms with Crippen molar-refractivity contribution in [3.8, 4) is 24.4 Å². The Morgan fingerprint density at radius 1 is 1.20 bits per heavy atom. The smallest absolute Gasteiger partial charge is 0.117 e. The molecule has 2 rings (SSSR count). The summed E-state index contributed by atoms with van der Waals surface area (Å²) in [7, 11) is 0. The highest BCUT2D eigenvalue weighted by atomic mass is 16.5. The van der Waals surface area contributed by atoms with Crippen LogP contribution in [0.25, 0.3) is 0 Å². The first kappa shape index (κ1) is 15.3. The van der Waals surface area contributed by atoms with Crippen LogP contribution in [0.15, 0.2) is 0 Å². The van der Waals surface area contributed by atoms with Gasteiger partial charge < -0.3 is 4.74 Å². The SMILES string of the molecule is C#CCC([O])(CCCCC#COCCC1CC1)C1CC1. The first-order valence-corrected chi connectivity index (χ1v) is 7.98. The van der Waals surface area contributed by atoms with E-state index in [2.05, 4.69) is 17.9 Å². The Bertz CT molecular complexity index is 390. The molecule has 2 nitrogen and oxygen atoms in total. The van der Waals surface area contributed by atoms with Gasteiger partial charge in [0.15, 0.2) is 0 Å². The van der Waals surface area contributed by atoms with E-state index in [4.69, 9.17) is 11.2 Å². The van der Waals surface area contributed by atoms with Crippen LogP contribution in [-0.4, -0.2) is 12.2 Å². The maximum atomic E-state index is 12.5. The van der Waals surface area contributed by atoms with Crippen molar-refractivity contribution in [2.24, 2.45) is 11.8 Å². The predicted molar refractivity (Wildman–Crippen MR) is 79.1 cm³/mol. The van der Waals surface area contributed by atoms with Crippen LogP contribution in [0.5, 0.6) is 0 Å². The molecule has 20 heavy (non-hydrogen) atoms. The van der Waals surface area contributed by atoms with E-state index in [-0.39, 0.29) is 0 Å². The third-order valence-corrected chi connectivity index (χ3v) is 4.34. The summed E-state index contributed by atoms with van der Waals surface area (Å²) in [5, 5.41) is 12.5. The molecular formula is C18H25O2. The van der Waals surface area contributed by atoms with Crippen molar-refractivity contribution in [2.75, 3.05) is 6.61 Å². The van der Waals surface area contributed by atoms with E-state index in [1.165, 1.54) is 12.8 Å². The van der Waals surface area contributed by atoms with Gasteiger partial charge in [-0.15, -0.1) is 12.3 Å². The Labute approximate surface area is 123 Å². The van der Waals surface area contributed by atoms with Gasteiger partial charge in [0.2, 0.25) is 0 Å². The molecule has 0 aromatic carbocycles. The second-order valence-electron chi connectivity index (χ2n) is 6.29. The Balaban J connectivity index is 1.49. The Morgan fingerprint density at radius 3 is 2.65 bits per heavy atom. The fraction of sp³-hybridized carbons (Fsp3) is 0.778. The van der Waals surface area contributed by atoms with Gasteiger partial charge in [-0.25, -0.2) is 5.11 Å². The Morgan fingerprint density at radius 2 is 2.00 bits per heavy atom. The van der Waals surface area contributed by atoms with Gasteiger partial charge in [0.05, 0.1) is 0 Å². The van der Waals surface area contributed by atoms with Crippen molar-refractivity contribution in [3.05, 3.63) is 0 Å². The number of unbranched alkanes of at least 4 members (excludes halogenated alkanes) is 2. The van der Waals surface area contributed by atoms with E-state index in [9.17, 15) is 5.11 Å². The fourth-order valence-corrected chi connectivity index (χ4v) is 2.64. The highest BCUT2D eigenvalue weighted by molar-refractivity contribution is 5.02. The monoisotopic (exact) mass is 273 g/mol. The molecule has 1 unspecified atom stereocenters. The van der Waals surface area contributed by atoms with E-state index >= 15 is 0 Å². The van der Waals surface area contributed by atoms with Gasteiger partial charge in [0.25, 0.3) is 0 Å². The average molecular weight is 273 g/mol. The zero-order valence-corrected chi connectivity index (χ0v) is 12.3. The van der Waals surface area contributed by atoms with Crippen LogP contribution in [0.2, 0.25) is 0 Å². The lowest BCUT2D eigenvalue weighted by atomic mass is 9.88. The average Bonchev–Trinajstić information content (AvgIpc) is 3.29. The van der Waals surface area contributed by atoms with Crippen molar-refractivity contribution >= 4 is 0 Å². The van der Waals surface area contributed by atoms with Crippen LogP contribution in [0.1, 0.15) is 64.2 Å². The molecule has 0 bridgehead atoms. The lowest BCUT2D eigenvalue weighted by Crippen LogP contribution is -2.29. The zero-order valence-electron chi connectivity index (χ0n) is 12.3. The summed E-state index contributed by atoms with van der Waals surface area (Å²) in [5.41, 5.74) is -0.858. The Hall–Kier alpha value is -1.12. The van der Waals surface area contributed by atoms with Crippen molar-refractivity contribution in [1.29, 1.82) is 0 Å². The molecule has 1 radical (unpaired) electrons. The summed E-state index contributed by atoms with van der Waals surface area (Å²) >= 11 is 0. The lowest BCUT2D eigenvalue weighted by Gasteiger charge is -2.22. The summed E-state index contributed by atoms with van der Waals surface area (Å²) in [4.78, 5) is 0. The topological polar surface area (TPSA) is 29.1 Å². The fourth-order valence-electron chi connectivity index (χ4n) is 2.64. The second kappa shape index (κ2) is 7.61. The van der Waals surface area contributed by atoms with Gasteiger partial charge in [0.1, 0.15) is 18.3 Å². The maximum Gasteiger partial charge on any atom is 0.117 e. The summed E-state index contributed by atoms with van der Waals surface area (Å²) in [5.74, 6) is 6.82. The van der Waals surface area contributed by atoms with Crippen molar-refractivity contribution in [3.63, 3.8) is 0 Å². The van der Waals surface area contributed by atoms with Crippen LogP contribution in [0.4, 0.5) is 0 Å². The molecule has 0 amide bonds. The molecule has 0 heterocycles. The van der Waals surface area contributed by atoms with E-state index in [0.717, 1.165) is 51.0 Å². The predicted octanol–water partition coefficient (Wildman–Crippen LogP) is 3.93. The summed E-state index contributed by atoms with van der Waals surface area (Å²) in [6.45, 7) is 0.769. The molecule has 0 spiro atoms. The molecule has 2 heteroatoms. The van der Waals surface area contributed by atoms with Crippen LogP contribution < -0.4 is 0 Å². The first-order valence-electron chi connectivity index (χ1n) is 7.98. The van der Waals surface area contributed by atoms with Gasteiger partial charge in [-0.2, -0.15) is 0 Å². The minimum Gasteiger partial charge on any atom is -0.447 e. The maximum absolute atomic E-state index is 12.5. The molecule has 0 aliphatic heterocycles. The van der Waals surface area contributed by atoms with Crippen LogP contribution >= 0.6 is 0 Å². The Kier molecular flexibility index (Phi) is 5.81. The summed E-state index contributed by atoms with van der Waals surface area (Å²) < 4.78 is 5.27. The first-order chi connectivity index (χ1) is 9.74. The second-order valence-corrected chi connectivity index (χ2v) is 6.29. The van der Waals surface area contributed by atoms with Crippen LogP contribution in [0, 0.1) is 36.2 Å². The highest BCUT2D eigenvalue weighted by Gasteiger charge is 2.44. The molecule has 0 saturated heterocycles. The molecule has 2 fully saturated rings. The standard InChI is InChI=1S/C18H25O2/c1-2-12-18(19,17-9-10-17)13-5-3-4-6-14-20-15-11-16-7-8-16/h1,16-17H,3-5,7-13,15H2. The number of rotatable bonds is 9.